The first-order chi connectivity index (χ1) is 16.9. The number of rotatable bonds is 0. The summed E-state index contributed by atoms with van der Waals surface area (Å²) in [6.07, 6.45) is 2.14. The predicted octanol–water partition coefficient (Wildman–Crippen LogP) is 7.77. The van der Waals surface area contributed by atoms with Crippen molar-refractivity contribution in [2.24, 2.45) is 4.99 Å². The Kier molecular flexibility index (Phi) is 3.59. The Morgan fingerprint density at radius 1 is 0.618 bits per heavy atom. The van der Waals surface area contributed by atoms with Crippen molar-refractivity contribution in [3.05, 3.63) is 125 Å². The van der Waals surface area contributed by atoms with Gasteiger partial charge in [0.25, 0.3) is 0 Å². The van der Waals surface area contributed by atoms with Crippen molar-refractivity contribution < 1.29 is 0 Å². The smallest absolute Gasteiger partial charge is 0.126 e. The van der Waals surface area contributed by atoms with Crippen LogP contribution in [0.1, 0.15) is 28.2 Å². The molecular formula is C32H22N2. The zero-order valence-corrected chi connectivity index (χ0v) is 18.7. The van der Waals surface area contributed by atoms with Gasteiger partial charge in [-0.15, -0.1) is 0 Å². The second-order valence-electron chi connectivity index (χ2n) is 9.49. The molecule has 2 nitrogen and oxygen atoms in total. The van der Waals surface area contributed by atoms with E-state index in [4.69, 9.17) is 4.99 Å². The fourth-order valence-corrected chi connectivity index (χ4v) is 6.34. The van der Waals surface area contributed by atoms with Crippen LogP contribution in [0.2, 0.25) is 0 Å². The Balaban J connectivity index is 1.51. The van der Waals surface area contributed by atoms with Crippen LogP contribution in [-0.4, -0.2) is 10.4 Å². The molecule has 0 N–H and O–H groups in total. The van der Waals surface area contributed by atoms with E-state index < -0.39 is 0 Å². The van der Waals surface area contributed by atoms with Crippen LogP contribution in [0.4, 0.5) is 5.69 Å². The highest BCUT2D eigenvalue weighted by molar-refractivity contribution is 6.24. The summed E-state index contributed by atoms with van der Waals surface area (Å²) in [4.78, 5) is 5.35. The van der Waals surface area contributed by atoms with Crippen LogP contribution in [0, 0.1) is 0 Å². The number of para-hydroxylation sites is 1. The van der Waals surface area contributed by atoms with Gasteiger partial charge in [0.15, 0.2) is 0 Å². The van der Waals surface area contributed by atoms with Crippen molar-refractivity contribution in [2.75, 3.05) is 0 Å². The number of aromatic nitrogens is 1. The van der Waals surface area contributed by atoms with E-state index in [9.17, 15) is 0 Å². The van der Waals surface area contributed by atoms with Crippen LogP contribution >= 0.6 is 0 Å². The lowest BCUT2D eigenvalue weighted by Gasteiger charge is -2.20. The first-order valence-electron chi connectivity index (χ1n) is 12.1. The van der Waals surface area contributed by atoms with E-state index in [-0.39, 0.29) is 5.92 Å². The van der Waals surface area contributed by atoms with Crippen LogP contribution in [0.15, 0.2) is 108 Å². The third kappa shape index (κ3) is 2.32. The Morgan fingerprint density at radius 3 is 2.35 bits per heavy atom. The molecular weight excluding hydrogens is 412 g/mol. The van der Waals surface area contributed by atoms with Gasteiger partial charge in [0.2, 0.25) is 0 Å². The van der Waals surface area contributed by atoms with Gasteiger partial charge >= 0.3 is 0 Å². The second kappa shape index (κ2) is 6.68. The average Bonchev–Trinajstić information content (AvgIpc) is 3.37. The molecule has 0 amide bonds. The summed E-state index contributed by atoms with van der Waals surface area (Å²) in [5, 5.41) is 5.18. The molecule has 1 aromatic heterocycles. The molecule has 1 atom stereocenters. The van der Waals surface area contributed by atoms with Crippen LogP contribution < -0.4 is 0 Å². The molecule has 0 bridgehead atoms. The van der Waals surface area contributed by atoms with Crippen molar-refractivity contribution in [2.45, 2.75) is 18.8 Å². The number of hydrogen-bond acceptors (Lipinski definition) is 1. The molecule has 34 heavy (non-hydrogen) atoms. The Hall–Kier alpha value is -4.17. The van der Waals surface area contributed by atoms with Gasteiger partial charge in [0.05, 0.1) is 22.6 Å². The van der Waals surface area contributed by atoms with Gasteiger partial charge < -0.3 is 0 Å². The number of aryl methyl sites for hydroxylation is 2. The maximum atomic E-state index is 5.35. The monoisotopic (exact) mass is 434 g/mol. The molecule has 5 aromatic carbocycles. The lowest BCUT2D eigenvalue weighted by Crippen LogP contribution is -2.19. The molecule has 2 aliphatic rings. The van der Waals surface area contributed by atoms with Gasteiger partial charge in [-0.25, -0.2) is 4.99 Å². The minimum absolute atomic E-state index is 0.148. The van der Waals surface area contributed by atoms with E-state index in [1.54, 1.807) is 0 Å². The minimum Gasteiger partial charge on any atom is -0.296 e. The maximum Gasteiger partial charge on any atom is 0.126 e. The highest BCUT2D eigenvalue weighted by atomic mass is 15.1. The van der Waals surface area contributed by atoms with E-state index in [1.165, 1.54) is 54.8 Å². The number of hydrogen-bond donors (Lipinski definition) is 0. The summed E-state index contributed by atoms with van der Waals surface area (Å²) in [5.41, 5.74) is 9.25. The van der Waals surface area contributed by atoms with Crippen LogP contribution in [0.5, 0.6) is 0 Å². The Labute approximate surface area is 197 Å². The highest BCUT2D eigenvalue weighted by Gasteiger charge is 2.36. The molecule has 1 aliphatic carbocycles. The molecule has 6 aromatic rings. The van der Waals surface area contributed by atoms with Gasteiger partial charge in [-0.2, -0.15) is 0 Å². The van der Waals surface area contributed by atoms with Crippen molar-refractivity contribution in [1.29, 1.82) is 0 Å². The SMILES string of the molecule is c1ccc2c(c1)CCc1cccc3c1C2C(n1c2ccccc2c2c4ccccc4ccc21)=N3. The number of aliphatic imine (C=N–C) groups is 1. The van der Waals surface area contributed by atoms with Gasteiger partial charge in [0.1, 0.15) is 5.84 Å². The Morgan fingerprint density at radius 2 is 1.38 bits per heavy atom. The fraction of sp³-hybridized carbons (Fsp3) is 0.0938. The van der Waals surface area contributed by atoms with Crippen LogP contribution in [0.25, 0.3) is 32.6 Å². The molecule has 2 heterocycles. The molecule has 0 saturated heterocycles. The quantitative estimate of drug-likeness (QED) is 0.232. The first-order valence-corrected chi connectivity index (χ1v) is 12.1. The largest absolute Gasteiger partial charge is 0.296 e. The summed E-state index contributed by atoms with van der Waals surface area (Å²) in [5.74, 6) is 1.27. The van der Waals surface area contributed by atoms with E-state index in [0.717, 1.165) is 24.4 Å². The fourth-order valence-electron chi connectivity index (χ4n) is 6.34. The Bertz CT molecular complexity index is 1820. The van der Waals surface area contributed by atoms with Crippen molar-refractivity contribution >= 4 is 44.1 Å². The molecule has 8 rings (SSSR count). The number of nitrogens with zero attached hydrogens (tertiary/aromatic N) is 2. The molecule has 1 unspecified atom stereocenters. The molecule has 0 fully saturated rings. The topological polar surface area (TPSA) is 17.3 Å². The summed E-state index contributed by atoms with van der Waals surface area (Å²) < 4.78 is 2.44. The molecule has 160 valence electrons. The van der Waals surface area contributed by atoms with Gasteiger partial charge in [0, 0.05) is 10.8 Å². The summed E-state index contributed by atoms with van der Waals surface area (Å²) in [6, 6.07) is 37.7. The van der Waals surface area contributed by atoms with E-state index >= 15 is 0 Å². The second-order valence-corrected chi connectivity index (χ2v) is 9.49. The zero-order chi connectivity index (χ0) is 22.2. The number of benzene rings is 5. The number of fused-ring (bicyclic) bond motifs is 7. The highest BCUT2D eigenvalue weighted by Crippen LogP contribution is 2.47. The molecule has 1 aliphatic heterocycles. The van der Waals surface area contributed by atoms with E-state index in [2.05, 4.69) is 108 Å². The van der Waals surface area contributed by atoms with Crippen molar-refractivity contribution in [3.8, 4) is 0 Å². The van der Waals surface area contributed by atoms with Gasteiger partial charge in [-0.3, -0.25) is 4.57 Å². The minimum atomic E-state index is 0.148. The first kappa shape index (κ1) is 18.3. The van der Waals surface area contributed by atoms with Crippen molar-refractivity contribution in [3.63, 3.8) is 0 Å². The molecule has 0 radical (unpaired) electrons. The van der Waals surface area contributed by atoms with Crippen molar-refractivity contribution in [1.82, 2.24) is 4.57 Å². The summed E-state index contributed by atoms with van der Waals surface area (Å²) >= 11 is 0. The summed E-state index contributed by atoms with van der Waals surface area (Å²) in [6.45, 7) is 0. The third-order valence-corrected chi connectivity index (χ3v) is 7.78. The van der Waals surface area contributed by atoms with Crippen LogP contribution in [-0.2, 0) is 12.8 Å². The van der Waals surface area contributed by atoms with E-state index in [0.29, 0.717) is 0 Å². The predicted molar refractivity (Wildman–Crippen MR) is 142 cm³/mol. The van der Waals surface area contributed by atoms with E-state index in [1.807, 2.05) is 0 Å². The summed E-state index contributed by atoms with van der Waals surface area (Å²) in [7, 11) is 0. The molecule has 2 heteroatoms. The van der Waals surface area contributed by atoms with Crippen LogP contribution in [0.3, 0.4) is 0 Å². The third-order valence-electron chi connectivity index (χ3n) is 7.78. The normalized spacial score (nSPS) is 16.5. The van der Waals surface area contributed by atoms with Gasteiger partial charge in [-0.1, -0.05) is 84.9 Å². The maximum absolute atomic E-state index is 5.35. The molecule has 0 spiro atoms. The lowest BCUT2D eigenvalue weighted by atomic mass is 9.88. The molecule has 0 saturated carbocycles. The standard InChI is InChI=1S/C32H22N2/c1-3-11-23-21(9-1)18-19-28-30(23)25-13-5-6-15-27(25)34(28)32-31-24-12-4-2-8-20(24)16-17-22-10-7-14-26(33-32)29(22)31/h1-15,18-19,31H,16-17H2. The lowest BCUT2D eigenvalue weighted by molar-refractivity contribution is 0.964. The average molecular weight is 435 g/mol. The zero-order valence-electron chi connectivity index (χ0n) is 18.7. The van der Waals surface area contributed by atoms with Gasteiger partial charge in [-0.05, 0) is 64.1 Å².